The number of ketones is 1. The van der Waals surface area contributed by atoms with Crippen molar-refractivity contribution in [2.45, 2.75) is 45.4 Å². The Bertz CT molecular complexity index is 820. The lowest BCUT2D eigenvalue weighted by Gasteiger charge is -2.16. The highest BCUT2D eigenvalue weighted by molar-refractivity contribution is 5.81. The largest absolute Gasteiger partial charge is 0.449 e. The molecule has 5 heteroatoms. The van der Waals surface area contributed by atoms with Gasteiger partial charge < -0.3 is 9.47 Å². The molecule has 0 bridgehead atoms. The van der Waals surface area contributed by atoms with Crippen LogP contribution in [0.25, 0.3) is 0 Å². The van der Waals surface area contributed by atoms with Crippen LogP contribution in [-0.2, 0) is 17.8 Å². The molecule has 5 nitrogen and oxygen atoms in total. The van der Waals surface area contributed by atoms with Gasteiger partial charge in [-0.2, -0.15) is 0 Å². The van der Waals surface area contributed by atoms with Crippen molar-refractivity contribution in [2.75, 3.05) is 13.1 Å². The Labute approximate surface area is 160 Å². The molecular formula is C22H26N2O3. The van der Waals surface area contributed by atoms with E-state index >= 15 is 0 Å². The zero-order chi connectivity index (χ0) is 18.9. The van der Waals surface area contributed by atoms with E-state index in [1.807, 2.05) is 38.1 Å². The molecule has 0 N–H and O–H groups in total. The first kappa shape index (κ1) is 18.0. The number of fused-ring (bicyclic) bond motifs is 1. The molecule has 1 fully saturated rings. The first-order valence-electron chi connectivity index (χ1n) is 9.64. The Balaban J connectivity index is 1.29. The van der Waals surface area contributed by atoms with Crippen molar-refractivity contribution in [3.63, 3.8) is 0 Å². The second-order valence-corrected chi connectivity index (χ2v) is 7.89. The minimum atomic E-state index is -0.597. The summed E-state index contributed by atoms with van der Waals surface area (Å²) in [5, 5.41) is 0. The number of hydrogen-bond donors (Lipinski definition) is 0. The van der Waals surface area contributed by atoms with Crippen molar-refractivity contribution in [3.05, 3.63) is 53.9 Å². The lowest BCUT2D eigenvalue weighted by Crippen LogP contribution is -2.29. The summed E-state index contributed by atoms with van der Waals surface area (Å²) < 4.78 is 11.6. The first-order chi connectivity index (χ1) is 13.0. The monoisotopic (exact) mass is 366 g/mol. The second-order valence-electron chi connectivity index (χ2n) is 7.89. The van der Waals surface area contributed by atoms with Crippen molar-refractivity contribution in [1.29, 1.82) is 0 Å². The predicted octanol–water partition coefficient (Wildman–Crippen LogP) is 3.61. The van der Waals surface area contributed by atoms with E-state index in [0.717, 1.165) is 49.7 Å². The van der Waals surface area contributed by atoms with Crippen LogP contribution in [0.2, 0.25) is 0 Å². The van der Waals surface area contributed by atoms with Gasteiger partial charge in [0.15, 0.2) is 11.5 Å². The molecule has 1 unspecified atom stereocenters. The first-order valence-corrected chi connectivity index (χ1v) is 9.64. The third-order valence-corrected chi connectivity index (χ3v) is 5.21. The van der Waals surface area contributed by atoms with Crippen molar-refractivity contribution >= 4 is 5.78 Å². The third-order valence-electron chi connectivity index (χ3n) is 5.21. The van der Waals surface area contributed by atoms with Crippen LogP contribution in [0.1, 0.15) is 37.9 Å². The average Bonchev–Trinajstić information content (AvgIpc) is 3.23. The number of hydrogen-bond acceptors (Lipinski definition) is 5. The summed E-state index contributed by atoms with van der Waals surface area (Å²) >= 11 is 0. The second kappa shape index (κ2) is 7.31. The Morgan fingerprint density at radius 3 is 2.89 bits per heavy atom. The molecule has 0 saturated carbocycles. The van der Waals surface area contributed by atoms with E-state index in [0.29, 0.717) is 12.2 Å². The number of likely N-dealkylation sites (tertiary alicyclic amines) is 1. The molecule has 0 amide bonds. The van der Waals surface area contributed by atoms with Crippen LogP contribution < -0.4 is 9.47 Å². The number of aryl methyl sites for hydroxylation is 1. The van der Waals surface area contributed by atoms with E-state index in [-0.39, 0.29) is 5.92 Å². The van der Waals surface area contributed by atoms with Crippen molar-refractivity contribution < 1.29 is 14.3 Å². The van der Waals surface area contributed by atoms with Gasteiger partial charge in [0.05, 0.1) is 0 Å². The van der Waals surface area contributed by atoms with Crippen LogP contribution in [0.3, 0.4) is 0 Å². The molecule has 1 saturated heterocycles. The number of ether oxygens (including phenoxy) is 2. The van der Waals surface area contributed by atoms with Crippen molar-refractivity contribution in [3.8, 4) is 11.5 Å². The summed E-state index contributed by atoms with van der Waals surface area (Å²) in [6, 6.07) is 12.0. The zero-order valence-corrected chi connectivity index (χ0v) is 16.0. The maximum Gasteiger partial charge on any atom is 0.246 e. The minimum absolute atomic E-state index is 0.140. The van der Waals surface area contributed by atoms with E-state index in [9.17, 15) is 4.79 Å². The number of carbonyl (C=O) groups is 1. The topological polar surface area (TPSA) is 51.7 Å². The van der Waals surface area contributed by atoms with E-state index < -0.39 is 5.79 Å². The molecule has 142 valence electrons. The normalized spacial score (nSPS) is 20.7. The van der Waals surface area contributed by atoms with Gasteiger partial charge in [0, 0.05) is 51.2 Å². The molecule has 0 radical (unpaired) electrons. The quantitative estimate of drug-likeness (QED) is 0.782. The highest BCUT2D eigenvalue weighted by Crippen LogP contribution is 2.39. The zero-order valence-electron chi connectivity index (χ0n) is 16.0. The molecule has 2 aromatic rings. The van der Waals surface area contributed by atoms with Gasteiger partial charge in [0.1, 0.15) is 5.78 Å². The molecule has 1 aromatic carbocycles. The van der Waals surface area contributed by atoms with Crippen LogP contribution in [-0.4, -0.2) is 34.5 Å². The summed E-state index contributed by atoms with van der Waals surface area (Å²) in [5.41, 5.74) is 2.18. The maximum absolute atomic E-state index is 12.6. The third kappa shape index (κ3) is 4.30. The summed E-state index contributed by atoms with van der Waals surface area (Å²) in [6.07, 6.45) is 4.03. The van der Waals surface area contributed by atoms with Crippen LogP contribution in [0.15, 0.2) is 42.6 Å². The van der Waals surface area contributed by atoms with Gasteiger partial charge in [0.2, 0.25) is 5.79 Å². The van der Waals surface area contributed by atoms with E-state index in [1.54, 1.807) is 6.20 Å². The summed E-state index contributed by atoms with van der Waals surface area (Å²) in [5.74, 6) is 1.50. The van der Waals surface area contributed by atoms with Gasteiger partial charge in [-0.1, -0.05) is 12.1 Å². The maximum atomic E-state index is 12.6. The molecule has 1 aromatic heterocycles. The van der Waals surface area contributed by atoms with Crippen LogP contribution in [0.4, 0.5) is 0 Å². The molecule has 2 aliphatic heterocycles. The highest BCUT2D eigenvalue weighted by Gasteiger charge is 2.32. The Kier molecular flexibility index (Phi) is 4.87. The highest BCUT2D eigenvalue weighted by atomic mass is 16.7. The summed E-state index contributed by atoms with van der Waals surface area (Å²) in [6.45, 7) is 6.45. The molecule has 0 aliphatic carbocycles. The number of pyridine rings is 1. The van der Waals surface area contributed by atoms with Gasteiger partial charge in [-0.25, -0.2) is 0 Å². The number of aromatic nitrogens is 1. The molecule has 3 heterocycles. The van der Waals surface area contributed by atoms with E-state index in [2.05, 4.69) is 22.0 Å². The summed E-state index contributed by atoms with van der Waals surface area (Å²) in [7, 11) is 0. The fourth-order valence-electron chi connectivity index (χ4n) is 3.86. The van der Waals surface area contributed by atoms with Gasteiger partial charge in [-0.15, -0.1) is 0 Å². The fraction of sp³-hybridized carbons (Fsp3) is 0.455. The number of benzene rings is 1. The summed E-state index contributed by atoms with van der Waals surface area (Å²) in [4.78, 5) is 19.2. The number of carbonyl (C=O) groups excluding carboxylic acids is 1. The fourth-order valence-corrected chi connectivity index (χ4v) is 3.86. The lowest BCUT2D eigenvalue weighted by molar-refractivity contribution is -0.122. The van der Waals surface area contributed by atoms with Crippen molar-refractivity contribution in [2.24, 2.45) is 5.92 Å². The standard InChI is InChI=1S/C22H26N2O3/c1-22(2)26-20-9-6-16(13-21(20)27-22)14-24-12-10-17(15-24)19(25)8-7-18-5-3-4-11-23-18/h3-6,9,11,13,17H,7-8,10,12,14-15H2,1-2H3. The molecule has 2 aliphatic rings. The van der Waals surface area contributed by atoms with Gasteiger partial charge in [-0.05, 0) is 49.2 Å². The van der Waals surface area contributed by atoms with E-state index in [1.165, 1.54) is 5.56 Å². The van der Waals surface area contributed by atoms with Gasteiger partial charge in [0.25, 0.3) is 0 Å². The number of Topliss-reactive ketones (excluding diaryl/α,β-unsaturated/α-hetero) is 1. The average molecular weight is 366 g/mol. The lowest BCUT2D eigenvalue weighted by atomic mass is 9.99. The molecule has 0 spiro atoms. The Morgan fingerprint density at radius 1 is 1.22 bits per heavy atom. The smallest absolute Gasteiger partial charge is 0.246 e. The molecular weight excluding hydrogens is 340 g/mol. The molecule has 4 rings (SSSR count). The molecule has 1 atom stereocenters. The number of nitrogens with zero attached hydrogens (tertiary/aromatic N) is 2. The van der Waals surface area contributed by atoms with Gasteiger partial charge in [-0.3, -0.25) is 14.7 Å². The predicted molar refractivity (Wildman–Crippen MR) is 103 cm³/mol. The van der Waals surface area contributed by atoms with E-state index in [4.69, 9.17) is 9.47 Å². The SMILES string of the molecule is CC1(C)Oc2ccc(CN3CCC(C(=O)CCc4ccccn4)C3)cc2O1. The number of rotatable bonds is 6. The van der Waals surface area contributed by atoms with Crippen LogP contribution in [0, 0.1) is 5.92 Å². The van der Waals surface area contributed by atoms with Crippen LogP contribution in [0.5, 0.6) is 11.5 Å². The van der Waals surface area contributed by atoms with Gasteiger partial charge >= 0.3 is 0 Å². The minimum Gasteiger partial charge on any atom is -0.449 e. The van der Waals surface area contributed by atoms with Crippen LogP contribution >= 0.6 is 0 Å². The Morgan fingerprint density at radius 2 is 2.07 bits per heavy atom. The Hall–Kier alpha value is -2.40. The van der Waals surface area contributed by atoms with Crippen molar-refractivity contribution in [1.82, 2.24) is 9.88 Å². The molecule has 27 heavy (non-hydrogen) atoms.